The summed E-state index contributed by atoms with van der Waals surface area (Å²) in [6, 6.07) is 0. The second kappa shape index (κ2) is 5.75. The molecule has 0 aromatic rings. The van der Waals surface area contributed by atoms with E-state index in [1.807, 2.05) is 20.8 Å². The minimum atomic E-state index is -0.300. The molecule has 4 atom stereocenters. The van der Waals surface area contributed by atoms with E-state index in [0.29, 0.717) is 6.42 Å². The second-order valence-electron chi connectivity index (χ2n) is 9.25. The molecule has 0 radical (unpaired) electrons. The number of hydrogen-bond donors (Lipinski definition) is 1. The monoisotopic (exact) mass is 385 g/mol. The van der Waals surface area contributed by atoms with Crippen LogP contribution in [0.15, 0.2) is 0 Å². The van der Waals surface area contributed by atoms with Crippen LogP contribution in [-0.2, 0) is 14.3 Å². The zero-order chi connectivity index (χ0) is 16.9. The van der Waals surface area contributed by atoms with Gasteiger partial charge >= 0.3 is 5.97 Å². The van der Waals surface area contributed by atoms with Crippen LogP contribution >= 0.6 is 15.9 Å². The van der Waals surface area contributed by atoms with Gasteiger partial charge in [-0.05, 0) is 76.5 Å². The maximum absolute atomic E-state index is 12.3. The number of esters is 1. The molecule has 4 bridgehead atoms. The largest absolute Gasteiger partial charge is 0.456 e. The van der Waals surface area contributed by atoms with E-state index in [1.165, 1.54) is 19.3 Å². The highest BCUT2D eigenvalue weighted by Gasteiger charge is 2.57. The van der Waals surface area contributed by atoms with Gasteiger partial charge in [0.1, 0.15) is 0 Å². The summed E-state index contributed by atoms with van der Waals surface area (Å²) in [6.07, 6.45) is 7.70. The highest BCUT2D eigenvalue weighted by atomic mass is 79.9. The Hall–Kier alpha value is -0.580. The van der Waals surface area contributed by atoms with Crippen LogP contribution in [0.1, 0.15) is 65.7 Å². The number of nitrogens with one attached hydrogen (secondary N) is 1. The number of carbonyl (C=O) groups excluding carboxylic acids is 2. The summed E-state index contributed by atoms with van der Waals surface area (Å²) < 4.78 is 5.51. The van der Waals surface area contributed by atoms with Gasteiger partial charge in [0, 0.05) is 9.86 Å². The first kappa shape index (κ1) is 17.2. The number of ether oxygens (including phenoxy) is 1. The van der Waals surface area contributed by atoms with E-state index in [2.05, 4.69) is 21.2 Å². The van der Waals surface area contributed by atoms with Crippen molar-refractivity contribution in [3.8, 4) is 0 Å². The lowest BCUT2D eigenvalue weighted by Crippen LogP contribution is -2.53. The summed E-state index contributed by atoms with van der Waals surface area (Å²) in [4.78, 5) is 24.1. The van der Waals surface area contributed by atoms with E-state index in [0.717, 1.165) is 31.1 Å². The van der Waals surface area contributed by atoms with Crippen LogP contribution in [0.4, 0.5) is 0 Å². The maximum atomic E-state index is 12.3. The van der Waals surface area contributed by atoms with Crippen LogP contribution in [0, 0.1) is 17.3 Å². The number of halogens is 1. The number of hydrogen-bond acceptors (Lipinski definition) is 3. The highest BCUT2D eigenvalue weighted by molar-refractivity contribution is 9.10. The third-order valence-electron chi connectivity index (χ3n) is 5.51. The topological polar surface area (TPSA) is 55.4 Å². The van der Waals surface area contributed by atoms with Gasteiger partial charge in [0.05, 0.1) is 6.42 Å². The first-order chi connectivity index (χ1) is 10.6. The summed E-state index contributed by atoms with van der Waals surface area (Å²) in [5.41, 5.74) is -0.197. The summed E-state index contributed by atoms with van der Waals surface area (Å²) in [6.45, 7) is 5.57. The number of alkyl halides is 1. The lowest BCUT2D eigenvalue weighted by molar-refractivity contribution is -0.155. The molecule has 1 N–H and O–H groups in total. The third kappa shape index (κ3) is 4.09. The number of rotatable bonds is 4. The SMILES string of the molecule is CC(C)(C)NC(=O)COC(=O)CC12C[C@@H]3C[C@@H](CC(Br)(C3)C1)C2. The van der Waals surface area contributed by atoms with E-state index in [9.17, 15) is 9.59 Å². The fourth-order valence-corrected chi connectivity index (χ4v) is 7.01. The molecule has 4 aliphatic rings. The van der Waals surface area contributed by atoms with Crippen LogP contribution in [0.25, 0.3) is 0 Å². The predicted octanol–water partition coefficient (Wildman–Crippen LogP) is 3.57. The van der Waals surface area contributed by atoms with Crippen molar-refractivity contribution in [2.24, 2.45) is 17.3 Å². The summed E-state index contributed by atoms with van der Waals surface area (Å²) in [5, 5.41) is 2.82. The van der Waals surface area contributed by atoms with Gasteiger partial charge in [0.25, 0.3) is 5.91 Å². The van der Waals surface area contributed by atoms with Crippen molar-refractivity contribution in [3.63, 3.8) is 0 Å². The Balaban J connectivity index is 1.53. The fraction of sp³-hybridized carbons (Fsp3) is 0.889. The van der Waals surface area contributed by atoms with Gasteiger partial charge in [-0.1, -0.05) is 15.9 Å². The molecule has 2 unspecified atom stereocenters. The minimum Gasteiger partial charge on any atom is -0.456 e. The Kier molecular flexibility index (Phi) is 4.31. The van der Waals surface area contributed by atoms with Crippen LogP contribution in [0.3, 0.4) is 0 Å². The zero-order valence-electron chi connectivity index (χ0n) is 14.4. The predicted molar refractivity (Wildman–Crippen MR) is 92.2 cm³/mol. The lowest BCUT2D eigenvalue weighted by atomic mass is 9.49. The summed E-state index contributed by atoms with van der Waals surface area (Å²) in [5.74, 6) is 1.07. The van der Waals surface area contributed by atoms with Gasteiger partial charge in [0.15, 0.2) is 6.61 Å². The molecule has 0 spiro atoms. The Morgan fingerprint density at radius 2 is 1.78 bits per heavy atom. The molecule has 0 saturated heterocycles. The second-order valence-corrected chi connectivity index (χ2v) is 10.9. The van der Waals surface area contributed by atoms with Crippen molar-refractivity contribution in [1.29, 1.82) is 0 Å². The Morgan fingerprint density at radius 1 is 1.17 bits per heavy atom. The molecule has 4 saturated carbocycles. The molecule has 4 rings (SSSR count). The van der Waals surface area contributed by atoms with Gasteiger partial charge in [-0.2, -0.15) is 0 Å². The van der Waals surface area contributed by atoms with Crippen molar-refractivity contribution >= 4 is 27.8 Å². The van der Waals surface area contributed by atoms with Gasteiger partial charge in [0.2, 0.25) is 0 Å². The maximum Gasteiger partial charge on any atom is 0.306 e. The van der Waals surface area contributed by atoms with Crippen molar-refractivity contribution in [2.45, 2.75) is 75.6 Å². The van der Waals surface area contributed by atoms with Gasteiger partial charge in [-0.25, -0.2) is 0 Å². The zero-order valence-corrected chi connectivity index (χ0v) is 16.0. The standard InChI is InChI=1S/C18H28BrNO3/c1-16(2,3)20-14(21)10-23-15(22)9-17-5-12-4-13(6-17)8-18(19,7-12)11-17/h12-13H,4-11H2,1-3H3,(H,20,21)/t12-,13+,17?,18?. The normalized spacial score (nSPS) is 38.4. The van der Waals surface area contributed by atoms with Crippen LogP contribution in [0.5, 0.6) is 0 Å². The first-order valence-electron chi connectivity index (χ1n) is 8.72. The molecule has 23 heavy (non-hydrogen) atoms. The van der Waals surface area contributed by atoms with Gasteiger partial charge in [-0.15, -0.1) is 0 Å². The Labute approximate surface area is 147 Å². The van der Waals surface area contributed by atoms with Crippen molar-refractivity contribution in [3.05, 3.63) is 0 Å². The average molecular weight is 386 g/mol. The lowest BCUT2D eigenvalue weighted by Gasteiger charge is -2.60. The van der Waals surface area contributed by atoms with Crippen molar-refractivity contribution < 1.29 is 14.3 Å². The highest BCUT2D eigenvalue weighted by Crippen LogP contribution is 2.65. The fourth-order valence-electron chi connectivity index (χ4n) is 5.50. The minimum absolute atomic E-state index is 0.102. The first-order valence-corrected chi connectivity index (χ1v) is 9.51. The molecule has 4 nitrogen and oxygen atoms in total. The molecule has 0 heterocycles. The molecule has 1 amide bonds. The van der Waals surface area contributed by atoms with Gasteiger partial charge < -0.3 is 10.1 Å². The average Bonchev–Trinajstić information content (AvgIpc) is 2.30. The number of amides is 1. The Morgan fingerprint density at radius 3 is 2.30 bits per heavy atom. The van der Waals surface area contributed by atoms with Crippen LogP contribution < -0.4 is 5.32 Å². The molecule has 130 valence electrons. The molecule has 0 aromatic heterocycles. The van der Waals surface area contributed by atoms with E-state index < -0.39 is 0 Å². The summed E-state index contributed by atoms with van der Waals surface area (Å²) in [7, 11) is 0. The van der Waals surface area contributed by atoms with E-state index >= 15 is 0 Å². The third-order valence-corrected chi connectivity index (χ3v) is 6.44. The molecule has 0 aromatic carbocycles. The van der Waals surface area contributed by atoms with Crippen molar-refractivity contribution in [1.82, 2.24) is 5.32 Å². The number of carbonyl (C=O) groups is 2. The quantitative estimate of drug-likeness (QED) is 0.594. The Bertz CT molecular complexity index is 497. The van der Waals surface area contributed by atoms with Crippen LogP contribution in [-0.4, -0.2) is 28.3 Å². The van der Waals surface area contributed by atoms with E-state index in [-0.39, 0.29) is 33.8 Å². The molecule has 5 heteroatoms. The smallest absolute Gasteiger partial charge is 0.306 e. The molecule has 0 aliphatic heterocycles. The molecule has 4 aliphatic carbocycles. The summed E-state index contributed by atoms with van der Waals surface area (Å²) >= 11 is 3.96. The van der Waals surface area contributed by atoms with Crippen molar-refractivity contribution in [2.75, 3.05) is 6.61 Å². The molecule has 4 fully saturated rings. The van der Waals surface area contributed by atoms with Crippen LogP contribution in [0.2, 0.25) is 0 Å². The van der Waals surface area contributed by atoms with E-state index in [1.54, 1.807) is 0 Å². The molecular weight excluding hydrogens is 358 g/mol. The molecular formula is C18H28BrNO3. The van der Waals surface area contributed by atoms with Gasteiger partial charge in [-0.3, -0.25) is 9.59 Å². The van der Waals surface area contributed by atoms with E-state index in [4.69, 9.17) is 4.74 Å².